The zero-order chi connectivity index (χ0) is 16.6. The molecule has 0 aromatic heterocycles. The van der Waals surface area contributed by atoms with Crippen molar-refractivity contribution < 1.29 is 15.3 Å². The molecule has 0 bridgehead atoms. The van der Waals surface area contributed by atoms with Crippen LogP contribution in [0.5, 0.6) is 0 Å². The summed E-state index contributed by atoms with van der Waals surface area (Å²) in [6.07, 6.45) is 7.88. The normalized spacial score (nSPS) is 61.7. The Balaban J connectivity index is 1.72. The maximum absolute atomic E-state index is 11.0. The molecule has 130 valence electrons. The van der Waals surface area contributed by atoms with Crippen molar-refractivity contribution in [3.05, 3.63) is 12.2 Å². The van der Waals surface area contributed by atoms with Gasteiger partial charge < -0.3 is 15.3 Å². The molecule has 0 aromatic rings. The molecule has 0 radical (unpaired) electrons. The van der Waals surface area contributed by atoms with Crippen LogP contribution in [0.3, 0.4) is 0 Å². The van der Waals surface area contributed by atoms with Gasteiger partial charge in [0, 0.05) is 4.83 Å². The topological polar surface area (TPSA) is 60.7 Å². The van der Waals surface area contributed by atoms with E-state index in [1.165, 1.54) is 0 Å². The summed E-state index contributed by atoms with van der Waals surface area (Å²) in [4.78, 5) is 0.151. The van der Waals surface area contributed by atoms with Gasteiger partial charge in [-0.05, 0) is 66.6 Å². The van der Waals surface area contributed by atoms with Crippen LogP contribution in [0.2, 0.25) is 0 Å². The van der Waals surface area contributed by atoms with E-state index >= 15 is 0 Å². The molecular weight excluding hydrogens is 356 g/mol. The second kappa shape index (κ2) is 5.30. The van der Waals surface area contributed by atoms with E-state index in [2.05, 4.69) is 35.9 Å². The van der Waals surface area contributed by atoms with Gasteiger partial charge in [0.15, 0.2) is 0 Å². The smallest absolute Gasteiger partial charge is 0.0724 e. The number of hydrogen-bond donors (Lipinski definition) is 3. The molecule has 1 unspecified atom stereocenters. The summed E-state index contributed by atoms with van der Waals surface area (Å²) < 4.78 is 0. The average molecular weight is 385 g/mol. The molecule has 0 spiro atoms. The summed E-state index contributed by atoms with van der Waals surface area (Å²) >= 11 is 3.68. The zero-order valence-electron chi connectivity index (χ0n) is 14.0. The highest BCUT2D eigenvalue weighted by Gasteiger charge is 2.63. The fraction of sp³-hybridized carbons (Fsp3) is 0.895. The number of hydrogen-bond acceptors (Lipinski definition) is 3. The third kappa shape index (κ3) is 2.17. The van der Waals surface area contributed by atoms with Gasteiger partial charge in [0.2, 0.25) is 0 Å². The van der Waals surface area contributed by atoms with E-state index in [0.29, 0.717) is 17.8 Å². The van der Waals surface area contributed by atoms with E-state index in [4.69, 9.17) is 0 Å². The number of fused-ring (bicyclic) bond motifs is 5. The molecule has 0 aliphatic heterocycles. The monoisotopic (exact) mass is 384 g/mol. The summed E-state index contributed by atoms with van der Waals surface area (Å²) in [7, 11) is 0. The first-order valence-electron chi connectivity index (χ1n) is 9.15. The van der Waals surface area contributed by atoms with E-state index < -0.39 is 0 Å². The molecule has 4 aliphatic carbocycles. The Morgan fingerprint density at radius 3 is 2.52 bits per heavy atom. The molecule has 4 aliphatic rings. The van der Waals surface area contributed by atoms with Crippen molar-refractivity contribution in [2.75, 3.05) is 0 Å². The van der Waals surface area contributed by atoms with Crippen LogP contribution in [0, 0.1) is 34.5 Å². The Morgan fingerprint density at radius 2 is 1.78 bits per heavy atom. The fourth-order valence-electron chi connectivity index (χ4n) is 6.71. The van der Waals surface area contributed by atoms with Gasteiger partial charge in [0.1, 0.15) is 0 Å². The highest BCUT2D eigenvalue weighted by atomic mass is 79.9. The lowest BCUT2D eigenvalue weighted by molar-refractivity contribution is -0.150. The molecular formula is C19H29BrO3. The minimum absolute atomic E-state index is 0.0720. The Labute approximate surface area is 147 Å². The maximum Gasteiger partial charge on any atom is 0.0724 e. The van der Waals surface area contributed by atoms with Gasteiger partial charge in [-0.15, -0.1) is 0 Å². The third-order valence-corrected chi connectivity index (χ3v) is 8.99. The lowest BCUT2D eigenvalue weighted by Gasteiger charge is -2.60. The molecule has 23 heavy (non-hydrogen) atoms. The maximum atomic E-state index is 11.0. The van der Waals surface area contributed by atoms with Crippen LogP contribution >= 0.6 is 15.9 Å². The van der Waals surface area contributed by atoms with Crippen LogP contribution in [0.4, 0.5) is 0 Å². The number of aliphatic hydroxyl groups is 3. The molecule has 4 heteroatoms. The van der Waals surface area contributed by atoms with Crippen LogP contribution in [0.25, 0.3) is 0 Å². The molecule has 0 heterocycles. The Morgan fingerprint density at radius 1 is 1.04 bits per heavy atom. The highest BCUT2D eigenvalue weighted by molar-refractivity contribution is 9.09. The number of allylic oxidation sites excluding steroid dienone is 1. The predicted octanol–water partition coefficient (Wildman–Crippen LogP) is 2.87. The molecule has 10 atom stereocenters. The Bertz CT molecular complexity index is 523. The number of alkyl halides is 1. The Kier molecular flexibility index (Phi) is 3.81. The van der Waals surface area contributed by atoms with E-state index in [9.17, 15) is 15.3 Å². The Hall–Kier alpha value is 0.1000. The summed E-state index contributed by atoms with van der Waals surface area (Å²) in [5.74, 6) is 1.48. The fourth-order valence-corrected chi connectivity index (χ4v) is 7.71. The second-order valence-corrected chi connectivity index (χ2v) is 10.2. The van der Waals surface area contributed by atoms with Crippen molar-refractivity contribution in [1.82, 2.24) is 0 Å². The summed E-state index contributed by atoms with van der Waals surface area (Å²) in [6, 6.07) is 0. The van der Waals surface area contributed by atoms with Crippen molar-refractivity contribution in [1.29, 1.82) is 0 Å². The van der Waals surface area contributed by atoms with Crippen molar-refractivity contribution in [3.8, 4) is 0 Å². The zero-order valence-corrected chi connectivity index (χ0v) is 15.6. The first-order chi connectivity index (χ1) is 10.8. The average Bonchev–Trinajstić information content (AvgIpc) is 2.73. The van der Waals surface area contributed by atoms with E-state index in [1.807, 2.05) is 6.08 Å². The minimum atomic E-state index is -0.356. The van der Waals surface area contributed by atoms with Crippen LogP contribution in [0.15, 0.2) is 12.2 Å². The van der Waals surface area contributed by atoms with Crippen LogP contribution in [-0.2, 0) is 0 Å². The molecule has 3 fully saturated rings. The summed E-state index contributed by atoms with van der Waals surface area (Å²) in [5, 5.41) is 31.7. The molecule has 0 saturated heterocycles. The van der Waals surface area contributed by atoms with Gasteiger partial charge in [0.05, 0.1) is 18.3 Å². The van der Waals surface area contributed by atoms with E-state index in [1.54, 1.807) is 0 Å². The highest BCUT2D eigenvalue weighted by Crippen LogP contribution is 2.65. The van der Waals surface area contributed by atoms with E-state index in [0.717, 1.165) is 32.1 Å². The SMILES string of the molecule is C[C@]12CC[C@H]3[C@@H]([C@@H](O)CC4C[C@@H](O)C=C[C@@]43C)[C@@H]1C[C@@H](Br)[C@H]2O. The first kappa shape index (κ1) is 16.6. The number of aliphatic hydroxyl groups excluding tert-OH is 3. The molecule has 0 amide bonds. The molecule has 0 aromatic carbocycles. The molecule has 4 rings (SSSR count). The van der Waals surface area contributed by atoms with Gasteiger partial charge in [-0.2, -0.15) is 0 Å². The van der Waals surface area contributed by atoms with Crippen molar-refractivity contribution in [2.45, 2.75) is 69.1 Å². The van der Waals surface area contributed by atoms with Crippen LogP contribution in [0.1, 0.15) is 46.0 Å². The van der Waals surface area contributed by atoms with Crippen LogP contribution < -0.4 is 0 Å². The standard InChI is InChI=1S/C19H29BrO3/c1-18-5-3-11(21)7-10(18)8-15(22)16-12(18)4-6-19(2)13(16)9-14(20)17(19)23/h3,5,10-17,21-23H,4,6-9H2,1-2H3/t10?,11-,12-,13-,14+,15-,16+,17+,18-,19-/m0/s1. The number of rotatable bonds is 0. The lowest BCUT2D eigenvalue weighted by atomic mass is 9.45. The first-order valence-corrected chi connectivity index (χ1v) is 10.1. The summed E-state index contributed by atoms with van der Waals surface area (Å²) in [5.41, 5.74) is 0.0111. The lowest BCUT2D eigenvalue weighted by Crippen LogP contribution is -2.57. The van der Waals surface area contributed by atoms with Crippen molar-refractivity contribution >= 4 is 15.9 Å². The third-order valence-electron chi connectivity index (χ3n) is 8.12. The summed E-state index contributed by atoms with van der Waals surface area (Å²) in [6.45, 7) is 4.56. The van der Waals surface area contributed by atoms with Gasteiger partial charge >= 0.3 is 0 Å². The van der Waals surface area contributed by atoms with Crippen LogP contribution in [-0.4, -0.2) is 38.5 Å². The van der Waals surface area contributed by atoms with Crippen molar-refractivity contribution in [3.63, 3.8) is 0 Å². The molecule has 3 saturated carbocycles. The second-order valence-electron chi connectivity index (χ2n) is 9.06. The van der Waals surface area contributed by atoms with E-state index in [-0.39, 0.29) is 39.9 Å². The molecule has 3 nitrogen and oxygen atoms in total. The number of halogens is 1. The largest absolute Gasteiger partial charge is 0.393 e. The van der Waals surface area contributed by atoms with Gasteiger partial charge in [0.25, 0.3) is 0 Å². The van der Waals surface area contributed by atoms with Crippen molar-refractivity contribution in [2.24, 2.45) is 34.5 Å². The quantitative estimate of drug-likeness (QED) is 0.444. The van der Waals surface area contributed by atoms with Gasteiger partial charge in [-0.3, -0.25) is 0 Å². The van der Waals surface area contributed by atoms with Gasteiger partial charge in [-0.1, -0.05) is 41.9 Å². The molecule has 3 N–H and O–H groups in total. The van der Waals surface area contributed by atoms with Gasteiger partial charge in [-0.25, -0.2) is 0 Å². The predicted molar refractivity (Wildman–Crippen MR) is 93.1 cm³/mol. The minimum Gasteiger partial charge on any atom is -0.393 e.